The summed E-state index contributed by atoms with van der Waals surface area (Å²) in [5.41, 5.74) is 0.994. The third kappa shape index (κ3) is 2.68. The van der Waals surface area contributed by atoms with Crippen molar-refractivity contribution in [3.8, 4) is 0 Å². The molecule has 13 heavy (non-hydrogen) atoms. The molecule has 3 nitrogen and oxygen atoms in total. The zero-order valence-electron chi connectivity index (χ0n) is 8.28. The van der Waals surface area contributed by atoms with E-state index in [1.54, 1.807) is 19.4 Å². The quantitative estimate of drug-likeness (QED) is 0.714. The molecule has 0 aliphatic rings. The Balaban J connectivity index is 2.63. The van der Waals surface area contributed by atoms with Crippen molar-refractivity contribution in [2.75, 3.05) is 0 Å². The minimum absolute atomic E-state index is 0.0828. The first-order valence-electron chi connectivity index (χ1n) is 4.50. The Kier molecular flexibility index (Phi) is 3.23. The Morgan fingerprint density at radius 1 is 1.62 bits per heavy atom. The van der Waals surface area contributed by atoms with Gasteiger partial charge in [-0.15, -0.1) is 0 Å². The molecule has 1 unspecified atom stereocenters. The van der Waals surface area contributed by atoms with Gasteiger partial charge in [0.1, 0.15) is 12.0 Å². The van der Waals surface area contributed by atoms with Gasteiger partial charge in [-0.1, -0.05) is 19.0 Å². The van der Waals surface area contributed by atoms with Crippen molar-refractivity contribution in [2.24, 2.45) is 11.8 Å². The molecule has 1 aromatic heterocycles. The van der Waals surface area contributed by atoms with Crippen molar-refractivity contribution in [1.82, 2.24) is 5.16 Å². The number of rotatable bonds is 4. The fraction of sp³-hybridized carbons (Fsp3) is 0.600. The molecule has 0 aliphatic carbocycles. The van der Waals surface area contributed by atoms with Gasteiger partial charge in [-0.25, -0.2) is 0 Å². The first-order valence-corrected chi connectivity index (χ1v) is 4.50. The largest absolute Gasteiger partial charge is 0.364 e. The molecule has 1 rings (SSSR count). The van der Waals surface area contributed by atoms with Crippen LogP contribution < -0.4 is 0 Å². The molecule has 0 saturated heterocycles. The molecule has 0 aliphatic heterocycles. The van der Waals surface area contributed by atoms with Crippen LogP contribution in [0.5, 0.6) is 0 Å². The van der Waals surface area contributed by atoms with Gasteiger partial charge in [-0.05, 0) is 19.3 Å². The summed E-state index contributed by atoms with van der Waals surface area (Å²) in [6, 6.07) is 0. The van der Waals surface area contributed by atoms with Gasteiger partial charge in [0.2, 0.25) is 0 Å². The summed E-state index contributed by atoms with van der Waals surface area (Å²) < 4.78 is 4.71. The second kappa shape index (κ2) is 4.21. The molecule has 0 saturated carbocycles. The van der Waals surface area contributed by atoms with Gasteiger partial charge in [0.25, 0.3) is 0 Å². The van der Waals surface area contributed by atoms with Crippen LogP contribution in [0, 0.1) is 11.8 Å². The van der Waals surface area contributed by atoms with Gasteiger partial charge >= 0.3 is 0 Å². The standard InChI is InChI=1S/C10H15NO2/c1-7(2)10(8(3)12)4-9-5-11-13-6-9/h5-7,10H,4H2,1-3H3. The lowest BCUT2D eigenvalue weighted by Crippen LogP contribution is -2.19. The van der Waals surface area contributed by atoms with Gasteiger partial charge in [-0.2, -0.15) is 0 Å². The Labute approximate surface area is 78.1 Å². The maximum Gasteiger partial charge on any atom is 0.133 e. The molecule has 1 atom stereocenters. The molecule has 0 aromatic carbocycles. The normalized spacial score (nSPS) is 13.2. The molecule has 1 heterocycles. The summed E-state index contributed by atoms with van der Waals surface area (Å²) in [4.78, 5) is 11.3. The smallest absolute Gasteiger partial charge is 0.133 e. The van der Waals surface area contributed by atoms with Crippen LogP contribution in [0.2, 0.25) is 0 Å². The molecule has 0 amide bonds. The van der Waals surface area contributed by atoms with Crippen LogP contribution in [-0.2, 0) is 11.2 Å². The van der Waals surface area contributed by atoms with E-state index in [2.05, 4.69) is 19.0 Å². The Morgan fingerprint density at radius 3 is 2.69 bits per heavy atom. The topological polar surface area (TPSA) is 43.1 Å². The van der Waals surface area contributed by atoms with E-state index in [0.29, 0.717) is 5.92 Å². The molecule has 0 fully saturated rings. The second-order valence-corrected chi connectivity index (χ2v) is 3.70. The van der Waals surface area contributed by atoms with Crippen LogP contribution in [-0.4, -0.2) is 10.9 Å². The van der Waals surface area contributed by atoms with Gasteiger partial charge in [0.05, 0.1) is 6.20 Å². The highest BCUT2D eigenvalue weighted by Crippen LogP contribution is 2.17. The van der Waals surface area contributed by atoms with E-state index in [1.807, 2.05) is 0 Å². The van der Waals surface area contributed by atoms with Crippen molar-refractivity contribution in [2.45, 2.75) is 27.2 Å². The molecule has 72 valence electrons. The minimum Gasteiger partial charge on any atom is -0.364 e. The van der Waals surface area contributed by atoms with Crippen molar-refractivity contribution in [1.29, 1.82) is 0 Å². The van der Waals surface area contributed by atoms with Crippen molar-refractivity contribution < 1.29 is 9.32 Å². The molecule has 0 bridgehead atoms. The van der Waals surface area contributed by atoms with Gasteiger partial charge in [0.15, 0.2) is 0 Å². The zero-order chi connectivity index (χ0) is 9.84. The monoisotopic (exact) mass is 181 g/mol. The van der Waals surface area contributed by atoms with Crippen LogP contribution in [0.25, 0.3) is 0 Å². The molecule has 1 aromatic rings. The fourth-order valence-corrected chi connectivity index (χ4v) is 1.43. The van der Waals surface area contributed by atoms with E-state index >= 15 is 0 Å². The van der Waals surface area contributed by atoms with E-state index in [1.165, 1.54) is 0 Å². The van der Waals surface area contributed by atoms with E-state index in [0.717, 1.165) is 12.0 Å². The molecule has 3 heteroatoms. The van der Waals surface area contributed by atoms with E-state index in [-0.39, 0.29) is 11.7 Å². The number of hydrogen-bond acceptors (Lipinski definition) is 3. The van der Waals surface area contributed by atoms with Gasteiger partial charge in [0, 0.05) is 11.5 Å². The molecule has 0 N–H and O–H groups in total. The summed E-state index contributed by atoms with van der Waals surface area (Å²) >= 11 is 0. The Hall–Kier alpha value is -1.12. The SMILES string of the molecule is CC(=O)C(Cc1cnoc1)C(C)C. The lowest BCUT2D eigenvalue weighted by atomic mass is 9.87. The molecular formula is C10H15NO2. The van der Waals surface area contributed by atoms with Crippen molar-refractivity contribution in [3.63, 3.8) is 0 Å². The third-order valence-corrected chi connectivity index (χ3v) is 2.27. The predicted octanol–water partition coefficient (Wildman–Crippen LogP) is 2.08. The minimum atomic E-state index is 0.0828. The van der Waals surface area contributed by atoms with Crippen molar-refractivity contribution in [3.05, 3.63) is 18.0 Å². The highest BCUT2D eigenvalue weighted by atomic mass is 16.5. The highest BCUT2D eigenvalue weighted by Gasteiger charge is 2.19. The van der Waals surface area contributed by atoms with E-state index in [9.17, 15) is 4.79 Å². The number of hydrogen-bond donors (Lipinski definition) is 0. The van der Waals surface area contributed by atoms with E-state index in [4.69, 9.17) is 4.52 Å². The predicted molar refractivity (Wildman–Crippen MR) is 49.2 cm³/mol. The average Bonchev–Trinajstić information content (AvgIpc) is 2.50. The molecule has 0 radical (unpaired) electrons. The maximum atomic E-state index is 11.3. The van der Waals surface area contributed by atoms with Crippen LogP contribution in [0.15, 0.2) is 17.0 Å². The molecule has 0 spiro atoms. The first-order chi connectivity index (χ1) is 6.11. The number of aromatic nitrogens is 1. The number of nitrogens with zero attached hydrogens (tertiary/aromatic N) is 1. The second-order valence-electron chi connectivity index (χ2n) is 3.70. The van der Waals surface area contributed by atoms with Gasteiger partial charge in [-0.3, -0.25) is 4.79 Å². The van der Waals surface area contributed by atoms with E-state index < -0.39 is 0 Å². The Bertz CT molecular complexity index is 264. The lowest BCUT2D eigenvalue weighted by molar-refractivity contribution is -0.121. The number of carbonyl (C=O) groups is 1. The van der Waals surface area contributed by atoms with Crippen LogP contribution in [0.3, 0.4) is 0 Å². The van der Waals surface area contributed by atoms with Gasteiger partial charge < -0.3 is 4.52 Å². The van der Waals surface area contributed by atoms with Crippen LogP contribution >= 0.6 is 0 Å². The summed E-state index contributed by atoms with van der Waals surface area (Å²) in [5, 5.41) is 3.61. The average molecular weight is 181 g/mol. The first kappa shape index (κ1) is 9.96. The summed E-state index contributed by atoms with van der Waals surface area (Å²) in [6.07, 6.45) is 3.99. The van der Waals surface area contributed by atoms with Crippen LogP contribution in [0.4, 0.5) is 0 Å². The third-order valence-electron chi connectivity index (χ3n) is 2.27. The fourth-order valence-electron chi connectivity index (χ4n) is 1.43. The number of ketones is 1. The number of Topliss-reactive ketones (excluding diaryl/α,β-unsaturated/α-hetero) is 1. The summed E-state index contributed by atoms with van der Waals surface area (Å²) in [6.45, 7) is 5.75. The highest BCUT2D eigenvalue weighted by molar-refractivity contribution is 5.78. The van der Waals surface area contributed by atoms with Crippen LogP contribution in [0.1, 0.15) is 26.3 Å². The zero-order valence-corrected chi connectivity index (χ0v) is 8.28. The Morgan fingerprint density at radius 2 is 2.31 bits per heavy atom. The molecular weight excluding hydrogens is 166 g/mol. The van der Waals surface area contributed by atoms with Crippen molar-refractivity contribution >= 4 is 5.78 Å². The summed E-state index contributed by atoms with van der Waals surface area (Å²) in [7, 11) is 0. The lowest BCUT2D eigenvalue weighted by Gasteiger charge is -2.15. The number of carbonyl (C=O) groups excluding carboxylic acids is 1. The maximum absolute atomic E-state index is 11.3. The summed E-state index contributed by atoms with van der Waals surface area (Å²) in [5.74, 6) is 0.683.